The molecule has 0 aliphatic carbocycles. The summed E-state index contributed by atoms with van der Waals surface area (Å²) in [7, 11) is 0. The van der Waals surface area contributed by atoms with Gasteiger partial charge in [0.05, 0.1) is 0 Å². The highest BCUT2D eigenvalue weighted by Gasteiger charge is 2.04. The Kier molecular flexibility index (Phi) is 6.44. The van der Waals surface area contributed by atoms with E-state index in [1.165, 1.54) is 5.56 Å². The van der Waals surface area contributed by atoms with Gasteiger partial charge in [0.25, 0.3) is 0 Å². The predicted octanol–water partition coefficient (Wildman–Crippen LogP) is 3.27. The molecule has 0 radical (unpaired) electrons. The average molecular weight is 248 g/mol. The lowest BCUT2D eigenvalue weighted by atomic mass is 9.99. The Balaban J connectivity index is 2.45. The molecule has 18 heavy (non-hydrogen) atoms. The number of nitrogens with one attached hydrogen (secondary N) is 1. The van der Waals surface area contributed by atoms with E-state index < -0.39 is 0 Å². The summed E-state index contributed by atoms with van der Waals surface area (Å²) in [4.78, 5) is 11.6. The Bertz CT molecular complexity index is 359. The minimum Gasteiger partial charge on any atom is -0.330 e. The van der Waals surface area contributed by atoms with Gasteiger partial charge in [-0.15, -0.1) is 0 Å². The number of carbonyl (C=O) groups is 1. The second kappa shape index (κ2) is 7.88. The van der Waals surface area contributed by atoms with Crippen LogP contribution >= 0.6 is 0 Å². The van der Waals surface area contributed by atoms with E-state index in [-0.39, 0.29) is 5.91 Å². The number of nitrogens with two attached hydrogens (primary N) is 1. The van der Waals surface area contributed by atoms with Crippen LogP contribution in [0.15, 0.2) is 24.3 Å². The molecule has 1 atom stereocenters. The lowest BCUT2D eigenvalue weighted by Gasteiger charge is -2.10. The maximum atomic E-state index is 11.6. The van der Waals surface area contributed by atoms with Crippen molar-refractivity contribution in [3.05, 3.63) is 29.8 Å². The van der Waals surface area contributed by atoms with Crippen molar-refractivity contribution in [3.63, 3.8) is 0 Å². The average Bonchev–Trinajstić information content (AvgIpc) is 2.39. The topological polar surface area (TPSA) is 55.1 Å². The van der Waals surface area contributed by atoms with Gasteiger partial charge >= 0.3 is 0 Å². The molecule has 0 bridgehead atoms. The summed E-state index contributed by atoms with van der Waals surface area (Å²) >= 11 is 0. The van der Waals surface area contributed by atoms with Crippen LogP contribution in [0.4, 0.5) is 5.69 Å². The highest BCUT2D eigenvalue weighted by atomic mass is 16.1. The second-order valence-corrected chi connectivity index (χ2v) is 4.73. The van der Waals surface area contributed by atoms with E-state index in [0.29, 0.717) is 18.9 Å². The van der Waals surface area contributed by atoms with Crippen molar-refractivity contribution in [1.82, 2.24) is 0 Å². The molecule has 3 N–H and O–H groups in total. The summed E-state index contributed by atoms with van der Waals surface area (Å²) < 4.78 is 0. The van der Waals surface area contributed by atoms with Crippen LogP contribution in [0.3, 0.4) is 0 Å². The zero-order valence-electron chi connectivity index (χ0n) is 11.4. The summed E-state index contributed by atoms with van der Waals surface area (Å²) in [5, 5.41) is 2.91. The number of benzene rings is 1. The van der Waals surface area contributed by atoms with Gasteiger partial charge in [-0.25, -0.2) is 0 Å². The number of anilines is 1. The molecule has 0 aliphatic heterocycles. The van der Waals surface area contributed by atoms with Crippen LogP contribution < -0.4 is 11.1 Å². The molecule has 0 spiro atoms. The molecule has 1 aromatic carbocycles. The molecule has 1 rings (SSSR count). The summed E-state index contributed by atoms with van der Waals surface area (Å²) in [5.41, 5.74) is 7.59. The summed E-state index contributed by atoms with van der Waals surface area (Å²) in [6.45, 7) is 5.04. The number of amides is 1. The third-order valence-electron chi connectivity index (χ3n) is 3.23. The fourth-order valence-electron chi connectivity index (χ4n) is 1.78. The van der Waals surface area contributed by atoms with Crippen molar-refractivity contribution in [2.24, 2.45) is 5.73 Å². The zero-order chi connectivity index (χ0) is 13.4. The smallest absolute Gasteiger partial charge is 0.224 e. The van der Waals surface area contributed by atoms with Crippen LogP contribution in [-0.4, -0.2) is 12.5 Å². The third-order valence-corrected chi connectivity index (χ3v) is 3.23. The molecule has 0 aromatic heterocycles. The normalized spacial score (nSPS) is 12.2. The first kappa shape index (κ1) is 14.7. The molecule has 100 valence electrons. The fourth-order valence-corrected chi connectivity index (χ4v) is 1.78. The maximum Gasteiger partial charge on any atom is 0.224 e. The van der Waals surface area contributed by atoms with Crippen molar-refractivity contribution < 1.29 is 4.79 Å². The molecule has 0 saturated heterocycles. The molecule has 1 aromatic rings. The van der Waals surface area contributed by atoms with Crippen LogP contribution in [-0.2, 0) is 4.79 Å². The Hall–Kier alpha value is -1.35. The number of rotatable bonds is 7. The molecule has 0 heterocycles. The Morgan fingerprint density at radius 1 is 1.28 bits per heavy atom. The van der Waals surface area contributed by atoms with Crippen LogP contribution in [0.2, 0.25) is 0 Å². The molecule has 3 nitrogen and oxygen atoms in total. The molecule has 3 heteroatoms. The zero-order valence-corrected chi connectivity index (χ0v) is 11.4. The minimum absolute atomic E-state index is 0.0692. The summed E-state index contributed by atoms with van der Waals surface area (Å²) in [6, 6.07) is 8.12. The van der Waals surface area contributed by atoms with Crippen LogP contribution in [0.25, 0.3) is 0 Å². The molecule has 1 amide bonds. The highest BCUT2D eigenvalue weighted by Crippen LogP contribution is 2.20. The first-order valence-corrected chi connectivity index (χ1v) is 6.77. The molecule has 0 fully saturated rings. The van der Waals surface area contributed by atoms with Gasteiger partial charge in [0.2, 0.25) is 5.91 Å². The van der Waals surface area contributed by atoms with Crippen molar-refractivity contribution in [2.75, 3.05) is 11.9 Å². The molecule has 0 saturated carbocycles. The van der Waals surface area contributed by atoms with Gasteiger partial charge in [-0.2, -0.15) is 0 Å². The van der Waals surface area contributed by atoms with E-state index >= 15 is 0 Å². The third kappa shape index (κ3) is 4.88. The van der Waals surface area contributed by atoms with Crippen LogP contribution in [0.5, 0.6) is 0 Å². The minimum atomic E-state index is 0.0692. The van der Waals surface area contributed by atoms with Gasteiger partial charge in [0.15, 0.2) is 0 Å². The summed E-state index contributed by atoms with van der Waals surface area (Å²) in [5.74, 6) is 0.638. The molecular weight excluding hydrogens is 224 g/mol. The standard InChI is InChI=1S/C15H24N2O/c1-3-12(2)13-7-9-14(10-8-13)17-15(18)6-4-5-11-16/h7-10,12H,3-6,11,16H2,1-2H3,(H,17,18). The van der Waals surface area contributed by atoms with Gasteiger partial charge in [0.1, 0.15) is 0 Å². The largest absolute Gasteiger partial charge is 0.330 e. The summed E-state index contributed by atoms with van der Waals surface area (Å²) in [6.07, 6.45) is 3.43. The lowest BCUT2D eigenvalue weighted by Crippen LogP contribution is -2.12. The van der Waals surface area contributed by atoms with Crippen LogP contribution in [0.1, 0.15) is 51.0 Å². The second-order valence-electron chi connectivity index (χ2n) is 4.73. The lowest BCUT2D eigenvalue weighted by molar-refractivity contribution is -0.116. The number of unbranched alkanes of at least 4 members (excludes halogenated alkanes) is 1. The monoisotopic (exact) mass is 248 g/mol. The van der Waals surface area contributed by atoms with E-state index in [0.717, 1.165) is 24.9 Å². The van der Waals surface area contributed by atoms with Crippen molar-refractivity contribution in [1.29, 1.82) is 0 Å². The van der Waals surface area contributed by atoms with E-state index in [1.54, 1.807) is 0 Å². The van der Waals surface area contributed by atoms with E-state index in [4.69, 9.17) is 5.73 Å². The van der Waals surface area contributed by atoms with Crippen LogP contribution in [0, 0.1) is 0 Å². The van der Waals surface area contributed by atoms with E-state index in [1.807, 2.05) is 12.1 Å². The van der Waals surface area contributed by atoms with E-state index in [9.17, 15) is 4.79 Å². The SMILES string of the molecule is CCC(C)c1ccc(NC(=O)CCCCN)cc1. The fraction of sp³-hybridized carbons (Fsp3) is 0.533. The first-order chi connectivity index (χ1) is 8.67. The van der Waals surface area contributed by atoms with E-state index in [2.05, 4.69) is 31.3 Å². The number of hydrogen-bond donors (Lipinski definition) is 2. The van der Waals surface area contributed by atoms with Gasteiger partial charge in [-0.3, -0.25) is 4.79 Å². The first-order valence-electron chi connectivity index (χ1n) is 6.77. The Labute approximate surface area is 110 Å². The predicted molar refractivity (Wildman–Crippen MR) is 76.7 cm³/mol. The highest BCUT2D eigenvalue weighted by molar-refractivity contribution is 5.90. The van der Waals surface area contributed by atoms with Crippen molar-refractivity contribution in [2.45, 2.75) is 45.4 Å². The molecule has 0 aliphatic rings. The molecule has 1 unspecified atom stereocenters. The van der Waals surface area contributed by atoms with Gasteiger partial charge in [-0.05, 0) is 49.4 Å². The van der Waals surface area contributed by atoms with Gasteiger partial charge < -0.3 is 11.1 Å². The Morgan fingerprint density at radius 3 is 2.50 bits per heavy atom. The van der Waals surface area contributed by atoms with Crippen molar-refractivity contribution >= 4 is 11.6 Å². The van der Waals surface area contributed by atoms with Crippen molar-refractivity contribution in [3.8, 4) is 0 Å². The molecular formula is C15H24N2O. The quantitative estimate of drug-likeness (QED) is 0.728. The van der Waals surface area contributed by atoms with Gasteiger partial charge in [-0.1, -0.05) is 26.0 Å². The maximum absolute atomic E-state index is 11.6. The van der Waals surface area contributed by atoms with Gasteiger partial charge in [0, 0.05) is 12.1 Å². The number of carbonyl (C=O) groups excluding carboxylic acids is 1. The number of hydrogen-bond acceptors (Lipinski definition) is 2. The Morgan fingerprint density at radius 2 is 1.94 bits per heavy atom.